The number of hydrogen-bond donors (Lipinski definition) is 1. The van der Waals surface area contributed by atoms with Gasteiger partial charge in [0.25, 0.3) is 0 Å². The summed E-state index contributed by atoms with van der Waals surface area (Å²) in [6.07, 6.45) is 0. The minimum absolute atomic E-state index is 0.312. The normalized spacial score (nSPS) is 12.2. The highest BCUT2D eigenvalue weighted by molar-refractivity contribution is 9.10. The first-order valence-corrected chi connectivity index (χ1v) is 7.10. The topological polar surface area (TPSA) is 21.3 Å². The van der Waals surface area contributed by atoms with Gasteiger partial charge in [-0.15, -0.1) is 0 Å². The molecule has 0 saturated carbocycles. The Morgan fingerprint density at radius 3 is 2.68 bits per heavy atom. The second kappa shape index (κ2) is 6.22. The van der Waals surface area contributed by atoms with Gasteiger partial charge in [-0.2, -0.15) is 0 Å². The Morgan fingerprint density at radius 1 is 1.16 bits per heavy atom. The molecule has 0 bridgehead atoms. The molecule has 0 aliphatic carbocycles. The van der Waals surface area contributed by atoms with Gasteiger partial charge in [-0.05, 0) is 56.3 Å². The van der Waals surface area contributed by atoms with Crippen LogP contribution < -0.4 is 10.1 Å². The summed E-state index contributed by atoms with van der Waals surface area (Å²) < 4.78 is 6.99. The largest absolute Gasteiger partial charge is 0.457 e. The molecular formula is C16H18BrNO. The van der Waals surface area contributed by atoms with Crippen LogP contribution in [0.15, 0.2) is 46.9 Å². The van der Waals surface area contributed by atoms with E-state index in [1.807, 2.05) is 44.3 Å². The third kappa shape index (κ3) is 3.58. The number of benzene rings is 2. The van der Waals surface area contributed by atoms with Crippen molar-refractivity contribution < 1.29 is 4.74 Å². The molecule has 19 heavy (non-hydrogen) atoms. The van der Waals surface area contributed by atoms with E-state index in [0.717, 1.165) is 21.5 Å². The van der Waals surface area contributed by atoms with Crippen LogP contribution in [-0.4, -0.2) is 7.05 Å². The predicted molar refractivity (Wildman–Crippen MR) is 82.9 cm³/mol. The standard InChI is InChI=1S/C16H18BrNO/c1-11-7-8-14(17)10-16(11)19-15-6-4-5-13(9-15)12(2)18-3/h4-10,12,18H,1-3H3. The van der Waals surface area contributed by atoms with E-state index in [1.54, 1.807) is 0 Å². The number of rotatable bonds is 4. The first-order chi connectivity index (χ1) is 9.10. The molecule has 0 radical (unpaired) electrons. The van der Waals surface area contributed by atoms with Crippen LogP contribution in [0.2, 0.25) is 0 Å². The molecule has 1 N–H and O–H groups in total. The highest BCUT2D eigenvalue weighted by atomic mass is 79.9. The summed E-state index contributed by atoms with van der Waals surface area (Å²) in [7, 11) is 1.96. The van der Waals surface area contributed by atoms with Gasteiger partial charge in [-0.1, -0.05) is 34.1 Å². The molecule has 0 heterocycles. The summed E-state index contributed by atoms with van der Waals surface area (Å²) in [5.74, 6) is 1.74. The Hall–Kier alpha value is -1.32. The summed E-state index contributed by atoms with van der Waals surface area (Å²) in [6, 6.07) is 14.5. The second-order valence-corrected chi connectivity index (χ2v) is 5.51. The van der Waals surface area contributed by atoms with Gasteiger partial charge in [0.05, 0.1) is 0 Å². The summed E-state index contributed by atoms with van der Waals surface area (Å²) in [5.41, 5.74) is 2.34. The van der Waals surface area contributed by atoms with Crippen molar-refractivity contribution in [2.24, 2.45) is 0 Å². The number of ether oxygens (including phenoxy) is 1. The maximum Gasteiger partial charge on any atom is 0.131 e. The highest BCUT2D eigenvalue weighted by Crippen LogP contribution is 2.29. The zero-order valence-corrected chi connectivity index (χ0v) is 13.0. The lowest BCUT2D eigenvalue weighted by molar-refractivity contribution is 0.476. The molecule has 0 aliphatic rings. The predicted octanol–water partition coefficient (Wildman–Crippen LogP) is 4.83. The molecule has 2 nitrogen and oxygen atoms in total. The quantitative estimate of drug-likeness (QED) is 0.871. The van der Waals surface area contributed by atoms with E-state index in [1.165, 1.54) is 5.56 Å². The third-order valence-corrected chi connectivity index (χ3v) is 3.66. The van der Waals surface area contributed by atoms with E-state index >= 15 is 0 Å². The fourth-order valence-corrected chi connectivity index (χ4v) is 2.16. The van der Waals surface area contributed by atoms with Crippen LogP contribution in [0.25, 0.3) is 0 Å². The van der Waals surface area contributed by atoms with E-state index < -0.39 is 0 Å². The van der Waals surface area contributed by atoms with Crippen LogP contribution in [0.5, 0.6) is 11.5 Å². The molecule has 0 saturated heterocycles. The zero-order valence-electron chi connectivity index (χ0n) is 11.4. The second-order valence-electron chi connectivity index (χ2n) is 4.59. The van der Waals surface area contributed by atoms with Crippen LogP contribution in [0.3, 0.4) is 0 Å². The number of aryl methyl sites for hydroxylation is 1. The van der Waals surface area contributed by atoms with Gasteiger partial charge in [0.15, 0.2) is 0 Å². The Labute approximate surface area is 122 Å². The minimum Gasteiger partial charge on any atom is -0.457 e. The van der Waals surface area contributed by atoms with Crippen molar-refractivity contribution in [2.45, 2.75) is 19.9 Å². The summed E-state index contributed by atoms with van der Waals surface area (Å²) >= 11 is 3.47. The van der Waals surface area contributed by atoms with Crippen molar-refractivity contribution in [1.29, 1.82) is 0 Å². The molecule has 0 aromatic heterocycles. The molecule has 2 aromatic carbocycles. The maximum absolute atomic E-state index is 5.97. The van der Waals surface area contributed by atoms with E-state index in [4.69, 9.17) is 4.74 Å². The molecule has 2 aromatic rings. The van der Waals surface area contributed by atoms with E-state index in [2.05, 4.69) is 40.3 Å². The molecule has 1 atom stereocenters. The Kier molecular flexibility index (Phi) is 4.61. The van der Waals surface area contributed by atoms with E-state index in [9.17, 15) is 0 Å². The minimum atomic E-state index is 0.312. The van der Waals surface area contributed by atoms with Gasteiger partial charge >= 0.3 is 0 Å². The lowest BCUT2D eigenvalue weighted by Gasteiger charge is -2.13. The fraction of sp³-hybridized carbons (Fsp3) is 0.250. The number of halogens is 1. The molecule has 0 fully saturated rings. The zero-order chi connectivity index (χ0) is 13.8. The molecule has 1 unspecified atom stereocenters. The van der Waals surface area contributed by atoms with Gasteiger partial charge in [-0.3, -0.25) is 0 Å². The lowest BCUT2D eigenvalue weighted by atomic mass is 10.1. The molecule has 3 heteroatoms. The van der Waals surface area contributed by atoms with Crippen LogP contribution in [0, 0.1) is 6.92 Å². The van der Waals surface area contributed by atoms with Crippen molar-refractivity contribution in [3.63, 3.8) is 0 Å². The Balaban J connectivity index is 2.26. The first-order valence-electron chi connectivity index (χ1n) is 6.31. The molecule has 2 rings (SSSR count). The number of hydrogen-bond acceptors (Lipinski definition) is 2. The summed E-state index contributed by atoms with van der Waals surface area (Å²) in [4.78, 5) is 0. The van der Waals surface area contributed by atoms with Crippen LogP contribution in [0.4, 0.5) is 0 Å². The maximum atomic E-state index is 5.97. The third-order valence-electron chi connectivity index (χ3n) is 3.17. The fourth-order valence-electron chi connectivity index (χ4n) is 1.82. The first kappa shape index (κ1) is 14.1. The molecular weight excluding hydrogens is 302 g/mol. The smallest absolute Gasteiger partial charge is 0.131 e. The van der Waals surface area contributed by atoms with E-state index in [0.29, 0.717) is 6.04 Å². The molecule has 100 valence electrons. The van der Waals surface area contributed by atoms with Crippen molar-refractivity contribution in [2.75, 3.05) is 7.05 Å². The number of nitrogens with one attached hydrogen (secondary N) is 1. The van der Waals surface area contributed by atoms with Crippen molar-refractivity contribution in [1.82, 2.24) is 5.32 Å². The van der Waals surface area contributed by atoms with Crippen molar-refractivity contribution in [3.8, 4) is 11.5 Å². The van der Waals surface area contributed by atoms with E-state index in [-0.39, 0.29) is 0 Å². The Morgan fingerprint density at radius 2 is 1.95 bits per heavy atom. The van der Waals surface area contributed by atoms with Gasteiger partial charge in [-0.25, -0.2) is 0 Å². The van der Waals surface area contributed by atoms with Gasteiger partial charge in [0.2, 0.25) is 0 Å². The van der Waals surface area contributed by atoms with Crippen molar-refractivity contribution >= 4 is 15.9 Å². The molecule has 0 amide bonds. The van der Waals surface area contributed by atoms with Crippen LogP contribution >= 0.6 is 15.9 Å². The van der Waals surface area contributed by atoms with Crippen molar-refractivity contribution in [3.05, 3.63) is 58.1 Å². The monoisotopic (exact) mass is 319 g/mol. The van der Waals surface area contributed by atoms with Crippen LogP contribution in [0.1, 0.15) is 24.1 Å². The van der Waals surface area contributed by atoms with Gasteiger partial charge < -0.3 is 10.1 Å². The van der Waals surface area contributed by atoms with Gasteiger partial charge in [0, 0.05) is 10.5 Å². The summed E-state index contributed by atoms with van der Waals surface area (Å²) in [6.45, 7) is 4.17. The lowest BCUT2D eigenvalue weighted by Crippen LogP contribution is -2.12. The summed E-state index contributed by atoms with van der Waals surface area (Å²) in [5, 5.41) is 3.23. The average Bonchev–Trinajstić information content (AvgIpc) is 2.42. The highest BCUT2D eigenvalue weighted by Gasteiger charge is 2.06. The molecule has 0 aliphatic heterocycles. The average molecular weight is 320 g/mol. The SMILES string of the molecule is CNC(C)c1cccc(Oc2cc(Br)ccc2C)c1. The van der Waals surface area contributed by atoms with Crippen LogP contribution in [-0.2, 0) is 0 Å². The van der Waals surface area contributed by atoms with Gasteiger partial charge in [0.1, 0.15) is 11.5 Å². The Bertz CT molecular complexity index is 568. The molecule has 0 spiro atoms.